The average Bonchev–Trinajstić information content (AvgIpc) is 3.18. The first-order valence-electron chi connectivity index (χ1n) is 12.2. The van der Waals surface area contributed by atoms with E-state index in [2.05, 4.69) is 9.97 Å². The molecule has 0 fully saturated rings. The van der Waals surface area contributed by atoms with Crippen LogP contribution in [-0.4, -0.2) is 31.8 Å². The van der Waals surface area contributed by atoms with Crippen LogP contribution >= 0.6 is 23.2 Å². The number of fused-ring (bicyclic) bond motifs is 3. The molecule has 0 bridgehead atoms. The second-order valence-electron chi connectivity index (χ2n) is 9.24. The molecule has 1 aliphatic rings. The summed E-state index contributed by atoms with van der Waals surface area (Å²) in [5.41, 5.74) is 2.13. The van der Waals surface area contributed by atoms with E-state index in [1.807, 2.05) is 0 Å². The van der Waals surface area contributed by atoms with Gasteiger partial charge in [0.15, 0.2) is 0 Å². The van der Waals surface area contributed by atoms with E-state index in [4.69, 9.17) is 23.2 Å². The van der Waals surface area contributed by atoms with Crippen LogP contribution < -0.4 is 0 Å². The number of amides is 2. The third-order valence-electron chi connectivity index (χ3n) is 6.67. The van der Waals surface area contributed by atoms with Gasteiger partial charge < -0.3 is 5.11 Å². The van der Waals surface area contributed by atoms with Gasteiger partial charge in [-0.1, -0.05) is 67.0 Å². The maximum absolute atomic E-state index is 13.9. The lowest BCUT2D eigenvalue weighted by Gasteiger charge is -2.23. The topological polar surface area (TPSA) is 83.4 Å². The molecular weight excluding hydrogens is 571 g/mol. The monoisotopic (exact) mass is 595 g/mol. The van der Waals surface area contributed by atoms with E-state index in [1.165, 1.54) is 17.0 Å². The van der Waals surface area contributed by atoms with Crippen molar-refractivity contribution in [2.45, 2.75) is 33.4 Å². The molecule has 2 aromatic heterocycles. The standard InChI is InChI=1S/C19H12ClFN2O2.C11H9ClFNO.CH4/c1-10(23-18(24)12-6-2-3-7-13(12)19(23)25)14-9-11-5-4-8-15(21)16(11)22-17(14)20;1-6(15)8-5-7-3-2-4-9(13)10(7)14-11(8)12;/h2-10H,1H3;2-6,15H,1H3;1H4/t10-;6-;/m01./s1. The number of aliphatic hydroxyl groups excluding tert-OH is 1. The average molecular weight is 596 g/mol. The van der Waals surface area contributed by atoms with Gasteiger partial charge in [0.05, 0.1) is 23.3 Å². The van der Waals surface area contributed by atoms with Gasteiger partial charge in [0, 0.05) is 21.9 Å². The number of halogens is 4. The summed E-state index contributed by atoms with van der Waals surface area (Å²) >= 11 is 12.1. The zero-order valence-corrected chi connectivity index (χ0v) is 22.7. The Morgan fingerprint density at radius 2 is 1.17 bits per heavy atom. The molecule has 41 heavy (non-hydrogen) atoms. The molecule has 0 spiro atoms. The third kappa shape index (κ3) is 5.51. The predicted molar refractivity (Wildman–Crippen MR) is 156 cm³/mol. The van der Waals surface area contributed by atoms with Gasteiger partial charge in [-0.25, -0.2) is 18.7 Å². The van der Waals surface area contributed by atoms with Crippen LogP contribution in [0.1, 0.15) is 65.3 Å². The van der Waals surface area contributed by atoms with Crippen LogP contribution in [-0.2, 0) is 0 Å². The number of benzene rings is 3. The molecule has 10 heteroatoms. The van der Waals surface area contributed by atoms with E-state index in [-0.39, 0.29) is 40.6 Å². The summed E-state index contributed by atoms with van der Waals surface area (Å²) in [6.07, 6.45) is -0.710. The fourth-order valence-electron chi connectivity index (χ4n) is 4.60. The van der Waals surface area contributed by atoms with Crippen molar-refractivity contribution in [3.63, 3.8) is 0 Å². The number of hydrogen-bond acceptors (Lipinski definition) is 5. The molecule has 6 nitrogen and oxygen atoms in total. The number of pyridine rings is 2. The highest BCUT2D eigenvalue weighted by molar-refractivity contribution is 6.31. The predicted octanol–water partition coefficient (Wildman–Crippen LogP) is 8.10. The van der Waals surface area contributed by atoms with Crippen LogP contribution in [0.2, 0.25) is 10.3 Å². The highest BCUT2D eigenvalue weighted by Gasteiger charge is 2.39. The van der Waals surface area contributed by atoms with E-state index in [0.29, 0.717) is 33.0 Å². The Morgan fingerprint density at radius 3 is 1.63 bits per heavy atom. The fraction of sp³-hybridized carbons (Fsp3) is 0.161. The number of aromatic nitrogens is 2. The van der Waals surface area contributed by atoms with Crippen LogP contribution in [0.3, 0.4) is 0 Å². The van der Waals surface area contributed by atoms with Crippen molar-refractivity contribution in [2.24, 2.45) is 0 Å². The minimum Gasteiger partial charge on any atom is -0.389 e. The van der Waals surface area contributed by atoms with E-state index in [1.54, 1.807) is 74.5 Å². The van der Waals surface area contributed by atoms with Gasteiger partial charge in [0.25, 0.3) is 11.8 Å². The molecule has 2 atom stereocenters. The molecular formula is C31H25Cl2F2N3O3. The number of hydrogen-bond donors (Lipinski definition) is 1. The number of carbonyl (C=O) groups is 2. The quantitative estimate of drug-likeness (QED) is 0.168. The first-order valence-corrected chi connectivity index (χ1v) is 13.0. The largest absolute Gasteiger partial charge is 0.389 e. The van der Waals surface area contributed by atoms with Gasteiger partial charge in [0.1, 0.15) is 33.0 Å². The molecule has 1 aliphatic heterocycles. The number of nitrogens with zero attached hydrogens (tertiary/aromatic N) is 3. The second-order valence-corrected chi connectivity index (χ2v) is 9.95. The van der Waals surface area contributed by atoms with E-state index < -0.39 is 23.8 Å². The molecule has 3 aromatic carbocycles. The number of aliphatic hydroxyl groups is 1. The number of rotatable bonds is 3. The lowest BCUT2D eigenvalue weighted by molar-refractivity contribution is 0.0595. The van der Waals surface area contributed by atoms with Crippen molar-refractivity contribution < 1.29 is 23.5 Å². The first-order chi connectivity index (χ1) is 19.1. The molecule has 0 saturated carbocycles. The zero-order valence-electron chi connectivity index (χ0n) is 21.2. The Balaban J connectivity index is 0.000000208. The van der Waals surface area contributed by atoms with Crippen molar-refractivity contribution in [1.82, 2.24) is 14.9 Å². The molecule has 210 valence electrons. The summed E-state index contributed by atoms with van der Waals surface area (Å²) in [7, 11) is 0. The SMILES string of the molecule is C.C[C@@H](O)c1cc2cccc(F)c2nc1Cl.C[C@@H](c1cc2cccc(F)c2nc1Cl)N1C(=O)c2ccccc2C1=O. The summed E-state index contributed by atoms with van der Waals surface area (Å²) < 4.78 is 27.2. The van der Waals surface area contributed by atoms with Gasteiger partial charge in [0.2, 0.25) is 0 Å². The molecule has 6 rings (SSSR count). The van der Waals surface area contributed by atoms with Crippen LogP contribution in [0.25, 0.3) is 21.8 Å². The molecule has 5 aromatic rings. The molecule has 0 radical (unpaired) electrons. The minimum atomic E-state index is -0.710. The van der Waals surface area contributed by atoms with Crippen LogP contribution in [0, 0.1) is 11.6 Å². The normalized spacial score (nSPS) is 13.9. The van der Waals surface area contributed by atoms with Gasteiger partial charge >= 0.3 is 0 Å². The van der Waals surface area contributed by atoms with Gasteiger partial charge in [-0.05, 0) is 50.2 Å². The summed E-state index contributed by atoms with van der Waals surface area (Å²) in [5.74, 6) is -1.63. The van der Waals surface area contributed by atoms with E-state index >= 15 is 0 Å². The van der Waals surface area contributed by atoms with Gasteiger partial charge in [-0.15, -0.1) is 0 Å². The molecule has 0 saturated heterocycles. The Bertz CT molecular complexity index is 1780. The summed E-state index contributed by atoms with van der Waals surface area (Å²) in [4.78, 5) is 34.5. The molecule has 0 unspecified atom stereocenters. The lowest BCUT2D eigenvalue weighted by Crippen LogP contribution is -2.32. The third-order valence-corrected chi connectivity index (χ3v) is 7.27. The number of para-hydroxylation sites is 2. The van der Waals surface area contributed by atoms with E-state index in [0.717, 1.165) is 0 Å². The molecule has 1 N–H and O–H groups in total. The second kappa shape index (κ2) is 11.9. The minimum absolute atomic E-state index is 0. The Kier molecular flexibility index (Phi) is 8.68. The highest BCUT2D eigenvalue weighted by atomic mass is 35.5. The van der Waals surface area contributed by atoms with Crippen LogP contribution in [0.15, 0.2) is 72.8 Å². The summed E-state index contributed by atoms with van der Waals surface area (Å²) in [6, 6.07) is 18.6. The van der Waals surface area contributed by atoms with Gasteiger partial charge in [-0.2, -0.15) is 0 Å². The maximum atomic E-state index is 13.9. The summed E-state index contributed by atoms with van der Waals surface area (Å²) in [5, 5.41) is 10.8. The zero-order chi connectivity index (χ0) is 28.7. The van der Waals surface area contributed by atoms with Crippen molar-refractivity contribution in [3.8, 4) is 0 Å². The lowest BCUT2D eigenvalue weighted by atomic mass is 10.1. The molecule has 2 amide bonds. The summed E-state index contributed by atoms with van der Waals surface area (Å²) in [6.45, 7) is 3.30. The Morgan fingerprint density at radius 1 is 0.732 bits per heavy atom. The Labute approximate surface area is 245 Å². The molecule has 0 aliphatic carbocycles. The number of imide groups is 1. The highest BCUT2D eigenvalue weighted by Crippen LogP contribution is 2.35. The van der Waals surface area contributed by atoms with Crippen molar-refractivity contribution >= 4 is 56.8 Å². The smallest absolute Gasteiger partial charge is 0.262 e. The molecule has 3 heterocycles. The van der Waals surface area contributed by atoms with Gasteiger partial charge in [-0.3, -0.25) is 14.5 Å². The first kappa shape index (κ1) is 30.0. The fourth-order valence-corrected chi connectivity index (χ4v) is 5.19. The van der Waals surface area contributed by atoms with Crippen LogP contribution in [0.5, 0.6) is 0 Å². The van der Waals surface area contributed by atoms with Crippen LogP contribution in [0.4, 0.5) is 8.78 Å². The number of carbonyl (C=O) groups excluding carboxylic acids is 2. The van der Waals surface area contributed by atoms with Crippen molar-refractivity contribution in [3.05, 3.63) is 117 Å². The Hall–Kier alpha value is -3.98. The van der Waals surface area contributed by atoms with Crippen molar-refractivity contribution in [2.75, 3.05) is 0 Å². The van der Waals surface area contributed by atoms with Crippen molar-refractivity contribution in [1.29, 1.82) is 0 Å². The maximum Gasteiger partial charge on any atom is 0.262 e. The van der Waals surface area contributed by atoms with E-state index in [9.17, 15) is 23.5 Å².